The molecule has 174 valence electrons. The van der Waals surface area contributed by atoms with Crippen LogP contribution in [0.4, 0.5) is 4.39 Å². The van der Waals surface area contributed by atoms with E-state index in [2.05, 4.69) is 67.9 Å². The molecule has 0 aromatic heterocycles. The van der Waals surface area contributed by atoms with Crippen molar-refractivity contribution >= 4 is 10.8 Å². The molecule has 0 bridgehead atoms. The molecule has 0 unspecified atom stereocenters. The van der Waals surface area contributed by atoms with E-state index < -0.39 is 0 Å². The molecule has 1 heteroatoms. The molecule has 0 spiro atoms. The second-order valence-corrected chi connectivity index (χ2v) is 8.96. The lowest BCUT2D eigenvalue weighted by Gasteiger charge is -2.05. The minimum absolute atomic E-state index is 0.250. The van der Waals surface area contributed by atoms with Gasteiger partial charge in [-0.1, -0.05) is 86.8 Å². The number of hydrogen-bond donors (Lipinski definition) is 0. The normalized spacial score (nSPS) is 10.4. The fourth-order valence-corrected chi connectivity index (χ4v) is 4.03. The molecule has 0 aliphatic rings. The number of benzene rings is 4. The Labute approximate surface area is 209 Å². The predicted octanol–water partition coefficient (Wildman–Crippen LogP) is 8.46. The molecule has 0 fully saturated rings. The monoisotopic (exact) mass is 458 g/mol. The summed E-state index contributed by atoms with van der Waals surface area (Å²) < 4.78 is 15.0. The lowest BCUT2D eigenvalue weighted by Crippen LogP contribution is -1.90. The maximum absolute atomic E-state index is 15.0. The number of unbranched alkanes of at least 4 members (excludes halogenated alkanes) is 2. The number of fused-ring (bicyclic) bond motifs is 1. The van der Waals surface area contributed by atoms with Crippen LogP contribution in [0.1, 0.15) is 72.9 Å². The third-order valence-corrected chi connectivity index (χ3v) is 6.19. The Kier molecular flexibility index (Phi) is 8.38. The van der Waals surface area contributed by atoms with Crippen LogP contribution in [0.25, 0.3) is 10.8 Å². The second kappa shape index (κ2) is 12.1. The first kappa shape index (κ1) is 24.3. The Morgan fingerprint density at radius 3 is 1.69 bits per heavy atom. The van der Waals surface area contributed by atoms with Gasteiger partial charge in [-0.25, -0.2) is 4.39 Å². The Hall–Kier alpha value is -3.81. The van der Waals surface area contributed by atoms with Crippen LogP contribution in [0.5, 0.6) is 0 Å². The largest absolute Gasteiger partial charge is 0.205 e. The standard InChI is InChI=1S/C34H31F/c1-3-5-7-26-9-11-27(12-10-26)13-14-28-15-17-29(18-16-28)19-21-31-22-23-32-25-30(8-6-4-2)20-24-33(32)34(31)35/h9-12,15-18,20,22-25H,3-8H2,1-2H3. The van der Waals surface area contributed by atoms with Gasteiger partial charge >= 0.3 is 0 Å². The van der Waals surface area contributed by atoms with Crippen LogP contribution in [-0.4, -0.2) is 0 Å². The van der Waals surface area contributed by atoms with Crippen molar-refractivity contribution in [2.24, 2.45) is 0 Å². The molecule has 0 saturated heterocycles. The molecule has 0 saturated carbocycles. The van der Waals surface area contributed by atoms with E-state index in [-0.39, 0.29) is 5.82 Å². The Morgan fingerprint density at radius 2 is 1.09 bits per heavy atom. The van der Waals surface area contributed by atoms with E-state index >= 15 is 4.39 Å². The smallest absolute Gasteiger partial charge is 0.146 e. The highest BCUT2D eigenvalue weighted by Gasteiger charge is 2.06. The van der Waals surface area contributed by atoms with Gasteiger partial charge in [0.1, 0.15) is 5.82 Å². The maximum atomic E-state index is 15.0. The number of hydrogen-bond acceptors (Lipinski definition) is 0. The number of rotatable bonds is 6. The van der Waals surface area contributed by atoms with E-state index in [0.717, 1.165) is 47.8 Å². The molecule has 0 aliphatic carbocycles. The van der Waals surface area contributed by atoms with Crippen LogP contribution >= 0.6 is 0 Å². The van der Waals surface area contributed by atoms with E-state index in [1.807, 2.05) is 42.5 Å². The molecule has 4 rings (SSSR count). The van der Waals surface area contributed by atoms with Gasteiger partial charge in [-0.05, 0) is 84.7 Å². The molecule has 0 aliphatic heterocycles. The summed E-state index contributed by atoms with van der Waals surface area (Å²) in [7, 11) is 0. The summed E-state index contributed by atoms with van der Waals surface area (Å²) in [6.45, 7) is 4.39. The van der Waals surface area contributed by atoms with Crippen molar-refractivity contribution in [3.8, 4) is 23.7 Å². The van der Waals surface area contributed by atoms with Crippen molar-refractivity contribution in [3.05, 3.63) is 118 Å². The summed E-state index contributed by atoms with van der Waals surface area (Å²) in [5, 5.41) is 1.56. The average Bonchev–Trinajstić information content (AvgIpc) is 2.90. The van der Waals surface area contributed by atoms with Crippen molar-refractivity contribution in [2.45, 2.75) is 52.4 Å². The van der Waals surface area contributed by atoms with E-state index in [9.17, 15) is 0 Å². The van der Waals surface area contributed by atoms with Crippen molar-refractivity contribution < 1.29 is 4.39 Å². The zero-order valence-corrected chi connectivity index (χ0v) is 20.6. The van der Waals surface area contributed by atoms with E-state index in [0.29, 0.717) is 10.9 Å². The van der Waals surface area contributed by atoms with E-state index in [4.69, 9.17) is 0 Å². The Balaban J connectivity index is 1.45. The first-order chi connectivity index (χ1) is 17.2. The topological polar surface area (TPSA) is 0 Å². The lowest BCUT2D eigenvalue weighted by atomic mass is 10.0. The zero-order chi connectivity index (χ0) is 24.5. The quantitative estimate of drug-likeness (QED) is 0.254. The fourth-order valence-electron chi connectivity index (χ4n) is 4.03. The molecule has 0 nitrogen and oxygen atoms in total. The highest BCUT2D eigenvalue weighted by atomic mass is 19.1. The van der Waals surface area contributed by atoms with Gasteiger partial charge in [0.15, 0.2) is 0 Å². The Bertz CT molecular complexity index is 1400. The van der Waals surface area contributed by atoms with Crippen LogP contribution < -0.4 is 0 Å². The summed E-state index contributed by atoms with van der Waals surface area (Å²) in [6.07, 6.45) is 6.87. The van der Waals surface area contributed by atoms with Crippen molar-refractivity contribution in [3.63, 3.8) is 0 Å². The molecule has 0 atom stereocenters. The first-order valence-corrected chi connectivity index (χ1v) is 12.6. The molecule has 35 heavy (non-hydrogen) atoms. The summed E-state index contributed by atoms with van der Waals surface area (Å²) in [4.78, 5) is 0. The summed E-state index contributed by atoms with van der Waals surface area (Å²) in [5.74, 6) is 12.3. The van der Waals surface area contributed by atoms with Gasteiger partial charge < -0.3 is 0 Å². The van der Waals surface area contributed by atoms with Crippen molar-refractivity contribution in [1.29, 1.82) is 0 Å². The van der Waals surface area contributed by atoms with Gasteiger partial charge in [0, 0.05) is 22.1 Å². The lowest BCUT2D eigenvalue weighted by molar-refractivity contribution is 0.636. The van der Waals surface area contributed by atoms with Crippen LogP contribution in [0.2, 0.25) is 0 Å². The van der Waals surface area contributed by atoms with Gasteiger partial charge in [-0.15, -0.1) is 0 Å². The molecular formula is C34H31F. The minimum atomic E-state index is -0.250. The van der Waals surface area contributed by atoms with E-state index in [1.54, 1.807) is 6.07 Å². The SMILES string of the molecule is CCCCc1ccc(C#Cc2ccc(C#Cc3ccc4cc(CCCC)ccc4c3F)cc2)cc1. The highest BCUT2D eigenvalue weighted by Crippen LogP contribution is 2.23. The second-order valence-electron chi connectivity index (χ2n) is 8.96. The van der Waals surface area contributed by atoms with Crippen LogP contribution in [0.3, 0.4) is 0 Å². The first-order valence-electron chi connectivity index (χ1n) is 12.6. The van der Waals surface area contributed by atoms with Gasteiger partial charge in [-0.3, -0.25) is 0 Å². The molecule has 4 aromatic carbocycles. The molecular weight excluding hydrogens is 427 g/mol. The Morgan fingerprint density at radius 1 is 0.571 bits per heavy atom. The molecule has 0 radical (unpaired) electrons. The van der Waals surface area contributed by atoms with Crippen LogP contribution in [0.15, 0.2) is 78.9 Å². The molecule has 0 N–H and O–H groups in total. The van der Waals surface area contributed by atoms with Crippen LogP contribution in [0, 0.1) is 29.5 Å². The summed E-state index contributed by atoms with van der Waals surface area (Å²) in [6, 6.07) is 26.0. The highest BCUT2D eigenvalue weighted by molar-refractivity contribution is 5.85. The summed E-state index contributed by atoms with van der Waals surface area (Å²) >= 11 is 0. The van der Waals surface area contributed by atoms with Gasteiger partial charge in [0.25, 0.3) is 0 Å². The maximum Gasteiger partial charge on any atom is 0.146 e. The third-order valence-electron chi connectivity index (χ3n) is 6.19. The average molecular weight is 459 g/mol. The number of halogens is 1. The third kappa shape index (κ3) is 6.62. The number of aryl methyl sites for hydroxylation is 2. The summed E-state index contributed by atoms with van der Waals surface area (Å²) in [5.41, 5.74) is 5.82. The molecule has 0 amide bonds. The predicted molar refractivity (Wildman–Crippen MR) is 146 cm³/mol. The van der Waals surface area contributed by atoms with Crippen LogP contribution in [-0.2, 0) is 12.8 Å². The zero-order valence-electron chi connectivity index (χ0n) is 20.6. The fraction of sp³-hybridized carbons (Fsp3) is 0.235. The minimum Gasteiger partial charge on any atom is -0.205 e. The van der Waals surface area contributed by atoms with Gasteiger partial charge in [-0.2, -0.15) is 0 Å². The molecule has 4 aromatic rings. The van der Waals surface area contributed by atoms with E-state index in [1.165, 1.54) is 24.0 Å². The van der Waals surface area contributed by atoms with Gasteiger partial charge in [0.2, 0.25) is 0 Å². The van der Waals surface area contributed by atoms with Crippen molar-refractivity contribution in [1.82, 2.24) is 0 Å². The van der Waals surface area contributed by atoms with Crippen molar-refractivity contribution in [2.75, 3.05) is 0 Å². The van der Waals surface area contributed by atoms with Gasteiger partial charge in [0.05, 0.1) is 5.56 Å². The molecule has 0 heterocycles.